The number of halogens is 1. The number of amides is 1. The van der Waals surface area contributed by atoms with Crippen molar-refractivity contribution in [2.24, 2.45) is 5.92 Å². The van der Waals surface area contributed by atoms with E-state index in [4.69, 9.17) is 10.1 Å². The number of hydrogen-bond donors (Lipinski definition) is 2. The van der Waals surface area contributed by atoms with Crippen LogP contribution in [0, 0.1) is 18.7 Å². The van der Waals surface area contributed by atoms with Crippen molar-refractivity contribution in [3.63, 3.8) is 0 Å². The molecule has 2 saturated carbocycles. The van der Waals surface area contributed by atoms with Crippen molar-refractivity contribution in [3.8, 4) is 22.4 Å². The predicted octanol–water partition coefficient (Wildman–Crippen LogP) is 5.31. The van der Waals surface area contributed by atoms with Crippen molar-refractivity contribution < 1.29 is 19.1 Å². The lowest BCUT2D eigenvalue weighted by Crippen LogP contribution is -2.44. The van der Waals surface area contributed by atoms with Gasteiger partial charge in [0.2, 0.25) is 0 Å². The highest BCUT2D eigenvalue weighted by Crippen LogP contribution is 2.46. The fraction of sp³-hybridized carbons (Fsp3) is 0.300. The molecular weight excluding hydrogens is 469 g/mol. The molecular formula is C30H30FN3O3. The Bertz CT molecular complexity index is 1470. The lowest BCUT2D eigenvalue weighted by molar-refractivity contribution is -0.113. The summed E-state index contributed by atoms with van der Waals surface area (Å²) in [5.74, 6) is 0.0467. The zero-order valence-corrected chi connectivity index (χ0v) is 20.9. The number of fused-ring (bicyclic) bond motifs is 1. The molecule has 0 unspecified atom stereocenters. The zero-order chi connectivity index (χ0) is 26.1. The Labute approximate surface area is 215 Å². The summed E-state index contributed by atoms with van der Waals surface area (Å²) in [5.41, 5.74) is 6.33. The number of aryl methyl sites for hydroxylation is 1. The first-order valence-electron chi connectivity index (χ1n) is 12.6. The summed E-state index contributed by atoms with van der Waals surface area (Å²) in [6, 6.07) is 16.8. The van der Waals surface area contributed by atoms with Crippen LogP contribution in [0.4, 0.5) is 4.39 Å². The minimum Gasteiger partial charge on any atom is -0.400 e. The van der Waals surface area contributed by atoms with E-state index in [1.807, 2.05) is 61.7 Å². The molecule has 0 radical (unpaired) electrons. The highest BCUT2D eigenvalue weighted by Gasteiger charge is 2.33. The van der Waals surface area contributed by atoms with Crippen LogP contribution in [-0.2, 0) is 4.79 Å². The van der Waals surface area contributed by atoms with Crippen molar-refractivity contribution in [2.75, 3.05) is 7.11 Å². The van der Waals surface area contributed by atoms with Gasteiger partial charge < -0.3 is 19.6 Å². The Kier molecular flexibility index (Phi) is 6.89. The largest absolute Gasteiger partial charge is 0.400 e. The summed E-state index contributed by atoms with van der Waals surface area (Å²) in [7, 11) is 1.00. The maximum absolute atomic E-state index is 14.9. The number of nitrogens with zero attached hydrogens (tertiary/aromatic N) is 2. The van der Waals surface area contributed by atoms with Crippen LogP contribution >= 0.6 is 0 Å². The van der Waals surface area contributed by atoms with Crippen LogP contribution in [0.1, 0.15) is 53.2 Å². The van der Waals surface area contributed by atoms with E-state index in [0.717, 1.165) is 54.3 Å². The topological polar surface area (TPSA) is 83.7 Å². The molecule has 0 spiro atoms. The van der Waals surface area contributed by atoms with Gasteiger partial charge in [-0.15, -0.1) is 0 Å². The SMILES string of the molecule is CO.Cc1ccc(-c2ccccc2-c2nc3cc(C(=O)NC4CC(C=O)C4)ccn3c2C2CC2)c(F)c1. The Hall–Kier alpha value is -3.84. The minimum atomic E-state index is -0.249. The maximum atomic E-state index is 14.9. The summed E-state index contributed by atoms with van der Waals surface area (Å²) in [6.45, 7) is 1.88. The van der Waals surface area contributed by atoms with Crippen LogP contribution in [0.5, 0.6) is 0 Å². The number of aliphatic hydroxyl groups excluding tert-OH is 1. The number of aromatic nitrogens is 2. The van der Waals surface area contributed by atoms with Gasteiger partial charge in [0.1, 0.15) is 17.8 Å². The predicted molar refractivity (Wildman–Crippen MR) is 141 cm³/mol. The van der Waals surface area contributed by atoms with E-state index in [1.54, 1.807) is 6.07 Å². The second kappa shape index (κ2) is 10.3. The third-order valence-electron chi connectivity index (χ3n) is 7.19. The molecule has 2 aromatic heterocycles. The molecule has 6 nitrogen and oxygen atoms in total. The summed E-state index contributed by atoms with van der Waals surface area (Å²) >= 11 is 0. The molecule has 0 saturated heterocycles. The van der Waals surface area contributed by atoms with Crippen molar-refractivity contribution in [2.45, 2.75) is 44.6 Å². The van der Waals surface area contributed by atoms with Gasteiger partial charge in [0.15, 0.2) is 0 Å². The number of carbonyl (C=O) groups excluding carboxylic acids is 2. The number of aliphatic hydroxyl groups is 1. The summed E-state index contributed by atoms with van der Waals surface area (Å²) in [6.07, 6.45) is 6.44. The lowest BCUT2D eigenvalue weighted by Gasteiger charge is -2.32. The molecule has 0 atom stereocenters. The number of nitrogens with one attached hydrogen (secondary N) is 1. The molecule has 7 heteroatoms. The average molecular weight is 500 g/mol. The quantitative estimate of drug-likeness (QED) is 0.352. The standard InChI is InChI=1S/C29H26FN3O2.CH4O/c1-17-6-9-23(25(30)12-17)22-4-2-3-5-24(22)27-28(19-7-8-19)33-11-10-20(15-26(33)32-27)29(35)31-21-13-18(14-21)16-34;1-2/h2-6,9-12,15-16,18-19,21H,7-8,13-14H2,1H3,(H,31,35);2H,1H3. The molecule has 0 aliphatic heterocycles. The van der Waals surface area contributed by atoms with E-state index in [2.05, 4.69) is 9.72 Å². The zero-order valence-electron chi connectivity index (χ0n) is 20.9. The Morgan fingerprint density at radius 1 is 1.05 bits per heavy atom. The minimum absolute atomic E-state index is 0.0440. The molecule has 2 N–H and O–H groups in total. The first kappa shape index (κ1) is 24.8. The van der Waals surface area contributed by atoms with E-state index >= 15 is 0 Å². The van der Waals surface area contributed by atoms with E-state index in [1.165, 1.54) is 0 Å². The molecule has 2 fully saturated rings. The smallest absolute Gasteiger partial charge is 0.251 e. The van der Waals surface area contributed by atoms with Crippen LogP contribution in [0.25, 0.3) is 28.0 Å². The first-order valence-corrected chi connectivity index (χ1v) is 12.6. The normalized spacial score (nSPS) is 18.5. The van der Waals surface area contributed by atoms with Gasteiger partial charge in [-0.25, -0.2) is 9.37 Å². The summed E-state index contributed by atoms with van der Waals surface area (Å²) in [5, 5.41) is 10.0. The lowest BCUT2D eigenvalue weighted by atomic mass is 9.81. The van der Waals surface area contributed by atoms with Gasteiger partial charge in [-0.05, 0) is 61.9 Å². The number of carbonyl (C=O) groups is 2. The molecule has 4 aromatic rings. The van der Waals surface area contributed by atoms with Gasteiger partial charge in [-0.1, -0.05) is 36.4 Å². The summed E-state index contributed by atoms with van der Waals surface area (Å²) < 4.78 is 17.0. The van der Waals surface area contributed by atoms with Gasteiger partial charge in [-0.2, -0.15) is 0 Å². The van der Waals surface area contributed by atoms with E-state index < -0.39 is 0 Å². The number of pyridine rings is 1. The van der Waals surface area contributed by atoms with Crippen molar-refractivity contribution >= 4 is 17.8 Å². The molecule has 37 heavy (non-hydrogen) atoms. The molecule has 1 amide bonds. The van der Waals surface area contributed by atoms with Gasteiger partial charge >= 0.3 is 0 Å². The molecule has 0 bridgehead atoms. The van der Waals surface area contributed by atoms with E-state index in [0.29, 0.717) is 35.5 Å². The molecule has 2 aromatic carbocycles. The number of benzene rings is 2. The number of rotatable bonds is 6. The maximum Gasteiger partial charge on any atom is 0.251 e. The second-order valence-corrected chi connectivity index (χ2v) is 9.83. The van der Waals surface area contributed by atoms with Gasteiger partial charge in [-0.3, -0.25) is 4.79 Å². The Morgan fingerprint density at radius 2 is 1.78 bits per heavy atom. The van der Waals surface area contributed by atoms with Crippen molar-refractivity contribution in [1.29, 1.82) is 0 Å². The number of imidazole rings is 1. The van der Waals surface area contributed by atoms with Crippen LogP contribution < -0.4 is 5.32 Å². The van der Waals surface area contributed by atoms with Crippen LogP contribution in [-0.4, -0.2) is 39.8 Å². The Balaban J connectivity index is 0.00000137. The fourth-order valence-corrected chi connectivity index (χ4v) is 5.07. The second-order valence-electron chi connectivity index (χ2n) is 9.83. The molecule has 6 rings (SSSR count). The van der Waals surface area contributed by atoms with Crippen molar-refractivity contribution in [3.05, 3.63) is 83.4 Å². The highest BCUT2D eigenvalue weighted by atomic mass is 19.1. The molecule has 2 aliphatic rings. The highest BCUT2D eigenvalue weighted by molar-refractivity contribution is 5.95. The third kappa shape index (κ3) is 4.79. The van der Waals surface area contributed by atoms with E-state index in [9.17, 15) is 14.0 Å². The average Bonchev–Trinajstić information content (AvgIpc) is 3.66. The van der Waals surface area contributed by atoms with Crippen LogP contribution in [0.15, 0.2) is 60.8 Å². The van der Waals surface area contributed by atoms with Gasteiger partial charge in [0.25, 0.3) is 5.91 Å². The summed E-state index contributed by atoms with van der Waals surface area (Å²) in [4.78, 5) is 28.6. The molecule has 190 valence electrons. The molecule has 2 heterocycles. The van der Waals surface area contributed by atoms with Gasteiger partial charge in [0, 0.05) is 47.9 Å². The van der Waals surface area contributed by atoms with E-state index in [-0.39, 0.29) is 23.7 Å². The number of aldehydes is 1. The molecule has 2 aliphatic carbocycles. The third-order valence-corrected chi connectivity index (χ3v) is 7.19. The van der Waals surface area contributed by atoms with Crippen molar-refractivity contribution in [1.82, 2.24) is 14.7 Å². The van der Waals surface area contributed by atoms with Crippen LogP contribution in [0.2, 0.25) is 0 Å². The first-order chi connectivity index (χ1) is 18.0. The van der Waals surface area contributed by atoms with Gasteiger partial charge in [0.05, 0.1) is 11.4 Å². The Morgan fingerprint density at radius 3 is 2.46 bits per heavy atom. The fourth-order valence-electron chi connectivity index (χ4n) is 5.07. The monoisotopic (exact) mass is 499 g/mol. The number of hydrogen-bond acceptors (Lipinski definition) is 4. The van der Waals surface area contributed by atoms with Crippen LogP contribution in [0.3, 0.4) is 0 Å².